The van der Waals surface area contributed by atoms with E-state index in [1.54, 1.807) is 32.5 Å². The molecule has 0 aliphatic heterocycles. The Balaban J connectivity index is 2.44. The van der Waals surface area contributed by atoms with Crippen LogP contribution in [0.2, 0.25) is 0 Å². The molecule has 27 heavy (non-hydrogen) atoms. The Kier molecular flexibility index (Phi) is 7.76. The highest BCUT2D eigenvalue weighted by Crippen LogP contribution is 2.28. The maximum atomic E-state index is 12.9. The van der Waals surface area contributed by atoms with E-state index in [1.807, 2.05) is 13.8 Å². The van der Waals surface area contributed by atoms with Crippen LogP contribution in [0.25, 0.3) is 0 Å². The topological polar surface area (TPSA) is 74.6 Å². The van der Waals surface area contributed by atoms with Crippen LogP contribution in [0.5, 0.6) is 5.75 Å². The lowest BCUT2D eigenvalue weighted by Crippen LogP contribution is -2.32. The van der Waals surface area contributed by atoms with E-state index >= 15 is 0 Å². The molecule has 0 aliphatic carbocycles. The van der Waals surface area contributed by atoms with E-state index in [1.165, 1.54) is 4.57 Å². The molecule has 0 amide bonds. The summed E-state index contributed by atoms with van der Waals surface area (Å²) < 4.78 is 29.7. The van der Waals surface area contributed by atoms with Crippen molar-refractivity contribution >= 4 is 27.4 Å². The third kappa shape index (κ3) is 5.27. The number of ether oxygens (including phenoxy) is 3. The van der Waals surface area contributed by atoms with Gasteiger partial charge in [0.25, 0.3) is 5.56 Å². The van der Waals surface area contributed by atoms with Crippen molar-refractivity contribution in [3.63, 3.8) is 0 Å². The molecule has 0 aliphatic rings. The van der Waals surface area contributed by atoms with Crippen LogP contribution in [0.3, 0.4) is 0 Å². The first kappa shape index (κ1) is 21.3. The lowest BCUT2D eigenvalue weighted by molar-refractivity contribution is 0.0878. The zero-order chi connectivity index (χ0) is 20.0. The number of aromatic nitrogens is 2. The number of anilines is 2. The third-order valence-corrected chi connectivity index (χ3v) is 4.37. The molecule has 1 heterocycles. The Hall–Kier alpha value is -1.97. The lowest BCUT2D eigenvalue weighted by Gasteiger charge is -2.20. The van der Waals surface area contributed by atoms with Gasteiger partial charge in [-0.25, -0.2) is 9.37 Å². The third-order valence-electron chi connectivity index (χ3n) is 3.98. The molecule has 148 valence electrons. The first-order chi connectivity index (χ1) is 12.9. The monoisotopic (exact) mass is 442 g/mol. The normalized spacial score (nSPS) is 11.1. The molecule has 0 atom stereocenters. The van der Waals surface area contributed by atoms with Crippen LogP contribution in [0.1, 0.15) is 17.2 Å². The van der Waals surface area contributed by atoms with Crippen LogP contribution in [-0.2, 0) is 9.47 Å². The molecule has 9 heteroatoms. The summed E-state index contributed by atoms with van der Waals surface area (Å²) in [6.45, 7) is 3.42. The van der Waals surface area contributed by atoms with Gasteiger partial charge in [-0.05, 0) is 53.0 Å². The molecule has 0 radical (unpaired) electrons. The van der Waals surface area contributed by atoms with E-state index in [9.17, 15) is 9.18 Å². The van der Waals surface area contributed by atoms with E-state index in [4.69, 9.17) is 14.2 Å². The molecule has 0 saturated heterocycles. The summed E-state index contributed by atoms with van der Waals surface area (Å²) in [7, 11) is 3.13. The van der Waals surface area contributed by atoms with Crippen LogP contribution in [0.15, 0.2) is 27.7 Å². The number of hydrogen-bond acceptors (Lipinski definition) is 6. The number of aryl methyl sites for hydroxylation is 2. The van der Waals surface area contributed by atoms with Gasteiger partial charge in [0.15, 0.2) is 5.82 Å². The van der Waals surface area contributed by atoms with Crippen LogP contribution in [0.4, 0.5) is 15.9 Å². The van der Waals surface area contributed by atoms with E-state index in [2.05, 4.69) is 26.2 Å². The molecule has 2 aromatic rings. The number of methoxy groups -OCH3 is 2. The minimum atomic E-state index is -0.899. The molecule has 0 spiro atoms. The van der Waals surface area contributed by atoms with Crippen LogP contribution in [-0.4, -0.2) is 43.8 Å². The number of alkyl halides is 1. The summed E-state index contributed by atoms with van der Waals surface area (Å²) in [5.74, 6) is 0.588. The van der Waals surface area contributed by atoms with Crippen molar-refractivity contribution in [2.45, 2.75) is 19.9 Å². The van der Waals surface area contributed by atoms with Crippen molar-refractivity contribution in [3.8, 4) is 5.75 Å². The van der Waals surface area contributed by atoms with E-state index in [0.29, 0.717) is 29.3 Å². The van der Waals surface area contributed by atoms with Crippen molar-refractivity contribution in [1.82, 2.24) is 9.55 Å². The van der Waals surface area contributed by atoms with Crippen molar-refractivity contribution in [2.75, 3.05) is 39.6 Å². The number of benzene rings is 1. The van der Waals surface area contributed by atoms with Crippen molar-refractivity contribution in [1.29, 1.82) is 0 Å². The average Bonchev–Trinajstić information content (AvgIpc) is 2.61. The van der Waals surface area contributed by atoms with Gasteiger partial charge in [-0.3, -0.25) is 4.79 Å². The Morgan fingerprint density at radius 2 is 1.81 bits per heavy atom. The van der Waals surface area contributed by atoms with E-state index in [0.717, 1.165) is 11.1 Å². The molecule has 7 nitrogen and oxygen atoms in total. The summed E-state index contributed by atoms with van der Waals surface area (Å²) in [6.07, 6.45) is 1.61. The zero-order valence-electron chi connectivity index (χ0n) is 15.7. The number of nitrogens with zero attached hydrogens (tertiary/aromatic N) is 2. The maximum absolute atomic E-state index is 12.9. The van der Waals surface area contributed by atoms with Crippen LogP contribution >= 0.6 is 15.9 Å². The van der Waals surface area contributed by atoms with Gasteiger partial charge in [0.05, 0.1) is 19.3 Å². The molecule has 1 aromatic carbocycles. The maximum Gasteiger partial charge on any atom is 0.294 e. The van der Waals surface area contributed by atoms with Crippen molar-refractivity contribution in [2.24, 2.45) is 0 Å². The van der Waals surface area contributed by atoms with Crippen LogP contribution < -0.4 is 15.6 Å². The fourth-order valence-electron chi connectivity index (χ4n) is 2.81. The summed E-state index contributed by atoms with van der Waals surface area (Å²) in [5, 5.41) is 3.09. The molecule has 1 aromatic heterocycles. The Labute approximate surface area is 165 Å². The van der Waals surface area contributed by atoms with Crippen molar-refractivity contribution < 1.29 is 18.6 Å². The zero-order valence-corrected chi connectivity index (χ0v) is 17.3. The molecule has 0 saturated carbocycles. The van der Waals surface area contributed by atoms with Gasteiger partial charge in [-0.15, -0.1) is 0 Å². The first-order valence-corrected chi connectivity index (χ1v) is 9.04. The summed E-state index contributed by atoms with van der Waals surface area (Å²) >= 11 is 3.35. The van der Waals surface area contributed by atoms with Gasteiger partial charge in [0, 0.05) is 26.1 Å². The number of nitrogens with one attached hydrogen (secondary N) is 1. The largest absolute Gasteiger partial charge is 0.463 e. The second-order valence-electron chi connectivity index (χ2n) is 6.00. The Morgan fingerprint density at radius 3 is 2.33 bits per heavy atom. The predicted octanol–water partition coefficient (Wildman–Crippen LogP) is 3.51. The van der Waals surface area contributed by atoms with E-state index < -0.39 is 6.86 Å². The number of hydrogen-bond donors (Lipinski definition) is 1. The molecule has 1 N–H and O–H groups in total. The molecule has 0 bridgehead atoms. The standard InChI is InChI=1S/C18H23BrFN3O4/c1-11-5-14(27-10-20)6-12(2)16(11)22-17-18(24)23(7-15(19)21-17)13(8-25-3)9-26-4/h5-7,13H,8-10H2,1-4H3,(H,21,22)/i20-1. The molecule has 0 unspecified atom stereocenters. The second kappa shape index (κ2) is 9.82. The van der Waals surface area contributed by atoms with Gasteiger partial charge in [-0.2, -0.15) is 0 Å². The molecule has 0 fully saturated rings. The Bertz CT molecular complexity index is 815. The Morgan fingerprint density at radius 1 is 1.22 bits per heavy atom. The molecule has 2 rings (SSSR count). The minimum Gasteiger partial charge on any atom is -0.463 e. The highest BCUT2D eigenvalue weighted by atomic mass is 79.9. The quantitative estimate of drug-likeness (QED) is 0.640. The van der Waals surface area contributed by atoms with E-state index in [-0.39, 0.29) is 17.4 Å². The van der Waals surface area contributed by atoms with Gasteiger partial charge in [0.2, 0.25) is 6.86 Å². The molecular weight excluding hydrogens is 420 g/mol. The fourth-order valence-corrected chi connectivity index (χ4v) is 3.21. The van der Waals surface area contributed by atoms with Gasteiger partial charge < -0.3 is 24.1 Å². The number of halogens is 2. The smallest absolute Gasteiger partial charge is 0.294 e. The first-order valence-electron chi connectivity index (χ1n) is 8.24. The number of rotatable bonds is 9. The van der Waals surface area contributed by atoms with Gasteiger partial charge >= 0.3 is 0 Å². The summed E-state index contributed by atoms with van der Waals surface area (Å²) in [6, 6.07) is 3.10. The summed E-state index contributed by atoms with van der Waals surface area (Å²) in [4.78, 5) is 17.2. The SMILES string of the molecule is COCC(COC)n1cc(Br)nc(Nc2c(C)cc(OC[18F])cc2C)c1=O. The van der Waals surface area contributed by atoms with Gasteiger partial charge in [0.1, 0.15) is 10.4 Å². The minimum absolute atomic E-state index is 0.159. The fraction of sp³-hybridized carbons (Fsp3) is 0.444. The van der Waals surface area contributed by atoms with Gasteiger partial charge in [-0.1, -0.05) is 0 Å². The second-order valence-corrected chi connectivity index (χ2v) is 6.81. The average molecular weight is 443 g/mol. The van der Waals surface area contributed by atoms with Crippen molar-refractivity contribution in [3.05, 3.63) is 44.4 Å². The highest BCUT2D eigenvalue weighted by molar-refractivity contribution is 9.10. The lowest BCUT2D eigenvalue weighted by atomic mass is 10.1. The predicted molar refractivity (Wildman–Crippen MR) is 105 cm³/mol. The molecular formula is C18H23BrFN3O4. The highest BCUT2D eigenvalue weighted by Gasteiger charge is 2.18. The van der Waals surface area contributed by atoms with Crippen LogP contribution in [0, 0.1) is 13.8 Å². The summed E-state index contributed by atoms with van der Waals surface area (Å²) in [5.41, 5.74) is 2.01.